The molecular formula is C15H14N2O3. The second-order valence-corrected chi connectivity index (χ2v) is 4.18. The van der Waals surface area contributed by atoms with Gasteiger partial charge in [-0.1, -0.05) is 18.2 Å². The topological polar surface area (TPSA) is 72.3 Å². The molecule has 0 bridgehead atoms. The Balaban J connectivity index is 2.11. The van der Waals surface area contributed by atoms with Crippen LogP contribution in [-0.2, 0) is 4.79 Å². The molecule has 2 aromatic rings. The van der Waals surface area contributed by atoms with Gasteiger partial charge in [0.2, 0.25) is 0 Å². The van der Waals surface area contributed by atoms with E-state index in [4.69, 9.17) is 9.84 Å². The van der Waals surface area contributed by atoms with E-state index >= 15 is 0 Å². The van der Waals surface area contributed by atoms with Gasteiger partial charge >= 0.3 is 5.97 Å². The molecule has 102 valence electrons. The van der Waals surface area contributed by atoms with E-state index in [1.165, 1.54) is 6.33 Å². The third-order valence-corrected chi connectivity index (χ3v) is 2.59. The Bertz CT molecular complexity index is 639. The van der Waals surface area contributed by atoms with Gasteiger partial charge in [0.25, 0.3) is 0 Å². The van der Waals surface area contributed by atoms with Crippen LogP contribution >= 0.6 is 0 Å². The molecule has 0 spiro atoms. The number of hydrogen-bond acceptors (Lipinski definition) is 4. The zero-order chi connectivity index (χ0) is 14.4. The van der Waals surface area contributed by atoms with E-state index in [1.807, 2.05) is 31.2 Å². The Labute approximate surface area is 116 Å². The van der Waals surface area contributed by atoms with E-state index in [-0.39, 0.29) is 6.61 Å². The third-order valence-electron chi connectivity index (χ3n) is 2.59. The van der Waals surface area contributed by atoms with Gasteiger partial charge in [0.1, 0.15) is 12.1 Å². The molecule has 0 aliphatic rings. The fourth-order valence-corrected chi connectivity index (χ4v) is 1.61. The van der Waals surface area contributed by atoms with Gasteiger partial charge in [-0.25, -0.2) is 14.8 Å². The third kappa shape index (κ3) is 3.91. The molecule has 1 N–H and O–H groups in total. The van der Waals surface area contributed by atoms with E-state index < -0.39 is 5.97 Å². The van der Waals surface area contributed by atoms with Crippen molar-refractivity contribution in [3.63, 3.8) is 0 Å². The largest absolute Gasteiger partial charge is 0.482 e. The van der Waals surface area contributed by atoms with Crippen LogP contribution in [0.1, 0.15) is 16.8 Å². The first kappa shape index (κ1) is 13.7. The highest BCUT2D eigenvalue weighted by molar-refractivity contribution is 5.70. The fraction of sp³-hybridized carbons (Fsp3) is 0.133. The number of carboxylic acids is 1. The molecule has 1 aromatic heterocycles. The van der Waals surface area contributed by atoms with Crippen molar-refractivity contribution in [3.05, 3.63) is 53.6 Å². The number of hydrogen-bond donors (Lipinski definition) is 1. The summed E-state index contributed by atoms with van der Waals surface area (Å²) in [6.07, 6.45) is 7.02. The van der Waals surface area contributed by atoms with E-state index in [2.05, 4.69) is 9.97 Å². The molecule has 5 heteroatoms. The molecule has 0 saturated heterocycles. The summed E-state index contributed by atoms with van der Waals surface area (Å²) in [7, 11) is 0. The molecule has 0 atom stereocenters. The number of aromatic nitrogens is 2. The van der Waals surface area contributed by atoms with Gasteiger partial charge in [-0.05, 0) is 36.3 Å². The Morgan fingerprint density at radius 3 is 3.00 bits per heavy atom. The highest BCUT2D eigenvalue weighted by atomic mass is 16.5. The zero-order valence-corrected chi connectivity index (χ0v) is 11.0. The Morgan fingerprint density at radius 2 is 2.25 bits per heavy atom. The first-order valence-corrected chi connectivity index (χ1v) is 6.04. The Kier molecular flexibility index (Phi) is 4.44. The predicted octanol–water partition coefficient (Wildman–Crippen LogP) is 2.42. The van der Waals surface area contributed by atoms with Crippen LogP contribution in [0.25, 0.3) is 12.2 Å². The second kappa shape index (κ2) is 6.47. The number of nitrogens with zero attached hydrogens (tertiary/aromatic N) is 2. The van der Waals surface area contributed by atoms with Gasteiger partial charge in [-0.3, -0.25) is 0 Å². The second-order valence-electron chi connectivity index (χ2n) is 4.18. The Morgan fingerprint density at radius 1 is 1.40 bits per heavy atom. The maximum absolute atomic E-state index is 10.5. The van der Waals surface area contributed by atoms with E-state index in [1.54, 1.807) is 18.3 Å². The molecule has 0 amide bonds. The number of rotatable bonds is 5. The molecule has 2 rings (SSSR count). The normalized spacial score (nSPS) is 10.7. The molecule has 0 aliphatic carbocycles. The van der Waals surface area contributed by atoms with Crippen LogP contribution in [0.2, 0.25) is 0 Å². The monoisotopic (exact) mass is 270 g/mol. The highest BCUT2D eigenvalue weighted by Gasteiger charge is 1.99. The summed E-state index contributed by atoms with van der Waals surface area (Å²) in [5.41, 5.74) is 2.74. The smallest absolute Gasteiger partial charge is 0.341 e. The minimum atomic E-state index is -0.998. The van der Waals surface area contributed by atoms with Crippen molar-refractivity contribution in [1.29, 1.82) is 0 Å². The van der Waals surface area contributed by atoms with Crippen molar-refractivity contribution >= 4 is 18.1 Å². The number of carboxylic acid groups (broad SMARTS) is 1. The molecule has 1 aromatic carbocycles. The average Bonchev–Trinajstić information content (AvgIpc) is 2.45. The minimum Gasteiger partial charge on any atom is -0.482 e. The average molecular weight is 270 g/mol. The maximum Gasteiger partial charge on any atom is 0.341 e. The fourth-order valence-electron chi connectivity index (χ4n) is 1.61. The molecule has 0 fully saturated rings. The molecule has 0 aliphatic heterocycles. The van der Waals surface area contributed by atoms with Crippen molar-refractivity contribution < 1.29 is 14.6 Å². The van der Waals surface area contributed by atoms with E-state index in [0.29, 0.717) is 5.75 Å². The lowest BCUT2D eigenvalue weighted by atomic mass is 10.1. The van der Waals surface area contributed by atoms with E-state index in [9.17, 15) is 4.79 Å². The predicted molar refractivity (Wildman–Crippen MR) is 75.3 cm³/mol. The zero-order valence-electron chi connectivity index (χ0n) is 11.0. The summed E-state index contributed by atoms with van der Waals surface area (Å²) in [4.78, 5) is 18.6. The summed E-state index contributed by atoms with van der Waals surface area (Å²) in [5.74, 6) is -0.475. The van der Waals surface area contributed by atoms with Gasteiger partial charge in [0, 0.05) is 6.20 Å². The first-order valence-electron chi connectivity index (χ1n) is 6.04. The number of benzene rings is 1. The first-order chi connectivity index (χ1) is 9.65. The van der Waals surface area contributed by atoms with Crippen molar-refractivity contribution in [3.8, 4) is 5.75 Å². The van der Waals surface area contributed by atoms with Gasteiger partial charge in [0.05, 0.1) is 5.69 Å². The van der Waals surface area contributed by atoms with Gasteiger partial charge in [0.15, 0.2) is 6.61 Å². The molecular weight excluding hydrogens is 256 g/mol. The van der Waals surface area contributed by atoms with Crippen molar-refractivity contribution in [1.82, 2.24) is 9.97 Å². The lowest BCUT2D eigenvalue weighted by Crippen LogP contribution is -2.09. The minimum absolute atomic E-state index is 0.349. The lowest BCUT2D eigenvalue weighted by molar-refractivity contribution is -0.139. The SMILES string of the molecule is Cc1cncnc1/C=C/c1cccc(OCC(=O)O)c1. The van der Waals surface area contributed by atoms with Gasteiger partial charge < -0.3 is 9.84 Å². The highest BCUT2D eigenvalue weighted by Crippen LogP contribution is 2.16. The maximum atomic E-state index is 10.5. The Hall–Kier alpha value is -2.69. The van der Waals surface area contributed by atoms with Crippen LogP contribution in [0.15, 0.2) is 36.8 Å². The van der Waals surface area contributed by atoms with Crippen LogP contribution < -0.4 is 4.74 Å². The standard InChI is InChI=1S/C15H14N2O3/c1-11-8-16-10-17-14(11)6-5-12-3-2-4-13(7-12)20-9-15(18)19/h2-8,10H,9H2,1H3,(H,18,19)/b6-5+. The van der Waals surface area contributed by atoms with Gasteiger partial charge in [-0.2, -0.15) is 0 Å². The summed E-state index contributed by atoms with van der Waals surface area (Å²) < 4.78 is 5.12. The van der Waals surface area contributed by atoms with Crippen LogP contribution in [0.4, 0.5) is 0 Å². The number of carbonyl (C=O) groups is 1. The van der Waals surface area contributed by atoms with Crippen LogP contribution in [0.3, 0.4) is 0 Å². The van der Waals surface area contributed by atoms with Crippen LogP contribution in [0, 0.1) is 6.92 Å². The van der Waals surface area contributed by atoms with Crippen molar-refractivity contribution in [2.75, 3.05) is 6.61 Å². The number of aliphatic carboxylic acids is 1. The van der Waals surface area contributed by atoms with E-state index in [0.717, 1.165) is 16.8 Å². The van der Waals surface area contributed by atoms with Crippen molar-refractivity contribution in [2.24, 2.45) is 0 Å². The molecule has 0 unspecified atom stereocenters. The number of aryl methyl sites for hydroxylation is 1. The molecule has 0 radical (unpaired) electrons. The van der Waals surface area contributed by atoms with Crippen molar-refractivity contribution in [2.45, 2.75) is 6.92 Å². The van der Waals surface area contributed by atoms with Crippen LogP contribution in [-0.4, -0.2) is 27.7 Å². The van der Waals surface area contributed by atoms with Gasteiger partial charge in [-0.15, -0.1) is 0 Å². The van der Waals surface area contributed by atoms with Crippen LogP contribution in [0.5, 0.6) is 5.75 Å². The molecule has 20 heavy (non-hydrogen) atoms. The quantitative estimate of drug-likeness (QED) is 0.903. The molecule has 5 nitrogen and oxygen atoms in total. The molecule has 0 saturated carbocycles. The molecule has 1 heterocycles. The number of ether oxygens (including phenoxy) is 1. The summed E-state index contributed by atoms with van der Waals surface area (Å²) >= 11 is 0. The summed E-state index contributed by atoms with van der Waals surface area (Å²) in [6, 6.07) is 7.20. The lowest BCUT2D eigenvalue weighted by Gasteiger charge is -2.03. The summed E-state index contributed by atoms with van der Waals surface area (Å²) in [5, 5.41) is 8.57. The summed E-state index contributed by atoms with van der Waals surface area (Å²) in [6.45, 7) is 1.59.